The molecule has 0 aliphatic rings. The molecule has 0 unspecified atom stereocenters. The van der Waals surface area contributed by atoms with Crippen LogP contribution < -0.4 is 10.1 Å². The van der Waals surface area contributed by atoms with Crippen LogP contribution in [0.5, 0.6) is 5.75 Å². The minimum atomic E-state index is -0.117. The van der Waals surface area contributed by atoms with E-state index in [4.69, 9.17) is 9.26 Å². The average Bonchev–Trinajstić information content (AvgIpc) is 3.05. The molecule has 3 aromatic rings. The quantitative estimate of drug-likeness (QED) is 0.799. The second-order valence-electron chi connectivity index (χ2n) is 4.88. The number of aromatic nitrogens is 2. The monoisotopic (exact) mass is 309 g/mol. The predicted molar refractivity (Wildman–Crippen MR) is 86.0 cm³/mol. The number of hydrogen-bond donors (Lipinski definition) is 1. The number of benzene rings is 2. The van der Waals surface area contributed by atoms with E-state index in [-0.39, 0.29) is 5.91 Å². The molecule has 0 saturated heterocycles. The molecule has 116 valence electrons. The summed E-state index contributed by atoms with van der Waals surface area (Å²) >= 11 is 0. The van der Waals surface area contributed by atoms with E-state index in [2.05, 4.69) is 15.5 Å². The fourth-order valence-electron chi connectivity index (χ4n) is 2.18. The van der Waals surface area contributed by atoms with Gasteiger partial charge in [-0.05, 0) is 36.4 Å². The van der Waals surface area contributed by atoms with Crippen LogP contribution in [-0.2, 0) is 4.79 Å². The summed E-state index contributed by atoms with van der Waals surface area (Å²) in [5.41, 5.74) is 2.25. The molecule has 0 bridgehead atoms. The molecule has 6 heteroatoms. The van der Waals surface area contributed by atoms with Gasteiger partial charge in [0.25, 0.3) is 5.89 Å². The Balaban J connectivity index is 1.88. The molecule has 1 aromatic heterocycles. The second-order valence-corrected chi connectivity index (χ2v) is 4.88. The number of ether oxygens (including phenoxy) is 1. The number of para-hydroxylation sites is 1. The van der Waals surface area contributed by atoms with Gasteiger partial charge in [0.1, 0.15) is 5.75 Å². The van der Waals surface area contributed by atoms with E-state index in [1.165, 1.54) is 6.92 Å². The highest BCUT2D eigenvalue weighted by Crippen LogP contribution is 2.29. The number of carbonyl (C=O) groups excluding carboxylic acids is 1. The van der Waals surface area contributed by atoms with Gasteiger partial charge in [-0.1, -0.05) is 17.3 Å². The summed E-state index contributed by atoms with van der Waals surface area (Å²) in [5.74, 6) is 1.43. The lowest BCUT2D eigenvalue weighted by Gasteiger charge is -2.03. The van der Waals surface area contributed by atoms with Gasteiger partial charge >= 0.3 is 0 Å². The van der Waals surface area contributed by atoms with Gasteiger partial charge in [0.05, 0.1) is 12.7 Å². The summed E-state index contributed by atoms with van der Waals surface area (Å²) in [6.07, 6.45) is 0. The molecule has 0 radical (unpaired) electrons. The van der Waals surface area contributed by atoms with Crippen LogP contribution in [-0.4, -0.2) is 23.2 Å². The molecule has 3 rings (SSSR count). The summed E-state index contributed by atoms with van der Waals surface area (Å²) in [4.78, 5) is 15.4. The SMILES string of the molecule is COc1ccccc1-c1noc(-c2ccc(NC(C)=O)cc2)n1. The number of methoxy groups -OCH3 is 1. The first kappa shape index (κ1) is 14.8. The number of rotatable bonds is 4. The molecule has 6 nitrogen and oxygen atoms in total. The molecule has 1 amide bonds. The van der Waals surface area contributed by atoms with Crippen LogP contribution in [0.1, 0.15) is 6.92 Å². The lowest BCUT2D eigenvalue weighted by atomic mass is 10.2. The molecule has 1 heterocycles. The van der Waals surface area contributed by atoms with Crippen molar-refractivity contribution in [3.8, 4) is 28.6 Å². The number of hydrogen-bond acceptors (Lipinski definition) is 5. The average molecular weight is 309 g/mol. The first-order chi connectivity index (χ1) is 11.2. The van der Waals surface area contributed by atoms with Crippen LogP contribution in [0.25, 0.3) is 22.8 Å². The van der Waals surface area contributed by atoms with Crippen molar-refractivity contribution < 1.29 is 14.1 Å². The molecule has 0 spiro atoms. The number of amides is 1. The van der Waals surface area contributed by atoms with Crippen LogP contribution in [0.15, 0.2) is 53.1 Å². The zero-order valence-corrected chi connectivity index (χ0v) is 12.7. The van der Waals surface area contributed by atoms with E-state index in [0.29, 0.717) is 23.2 Å². The molecular weight excluding hydrogens is 294 g/mol. The van der Waals surface area contributed by atoms with Crippen LogP contribution in [0.3, 0.4) is 0 Å². The van der Waals surface area contributed by atoms with E-state index >= 15 is 0 Å². The molecule has 0 aliphatic heterocycles. The van der Waals surface area contributed by atoms with Crippen molar-refractivity contribution in [2.75, 3.05) is 12.4 Å². The number of nitrogens with one attached hydrogen (secondary N) is 1. The Labute approximate surface area is 133 Å². The van der Waals surface area contributed by atoms with Gasteiger partial charge < -0.3 is 14.6 Å². The second kappa shape index (κ2) is 6.31. The lowest BCUT2D eigenvalue weighted by molar-refractivity contribution is -0.114. The van der Waals surface area contributed by atoms with Crippen molar-refractivity contribution in [1.29, 1.82) is 0 Å². The fourth-order valence-corrected chi connectivity index (χ4v) is 2.18. The standard InChI is InChI=1S/C17H15N3O3/c1-11(21)18-13-9-7-12(8-10-13)17-19-16(20-23-17)14-5-3-4-6-15(14)22-2/h3-10H,1-2H3,(H,18,21). The van der Waals surface area contributed by atoms with E-state index in [1.54, 1.807) is 19.2 Å². The summed E-state index contributed by atoms with van der Waals surface area (Å²) in [6.45, 7) is 1.46. The summed E-state index contributed by atoms with van der Waals surface area (Å²) in [5, 5.41) is 6.71. The van der Waals surface area contributed by atoms with Crippen molar-refractivity contribution in [2.24, 2.45) is 0 Å². The highest BCUT2D eigenvalue weighted by Gasteiger charge is 2.14. The van der Waals surface area contributed by atoms with Crippen molar-refractivity contribution in [3.63, 3.8) is 0 Å². The Kier molecular flexibility index (Phi) is 4.05. The minimum Gasteiger partial charge on any atom is -0.496 e. The van der Waals surface area contributed by atoms with Gasteiger partial charge in [-0.15, -0.1) is 0 Å². The Morgan fingerprint density at radius 2 is 1.87 bits per heavy atom. The Hall–Kier alpha value is -3.15. The molecule has 23 heavy (non-hydrogen) atoms. The van der Waals surface area contributed by atoms with Gasteiger partial charge in [0.2, 0.25) is 11.7 Å². The van der Waals surface area contributed by atoms with Crippen LogP contribution >= 0.6 is 0 Å². The topological polar surface area (TPSA) is 77.3 Å². The first-order valence-electron chi connectivity index (χ1n) is 7.02. The molecule has 2 aromatic carbocycles. The normalized spacial score (nSPS) is 10.3. The van der Waals surface area contributed by atoms with Gasteiger partial charge in [-0.3, -0.25) is 4.79 Å². The van der Waals surface area contributed by atoms with Crippen LogP contribution in [0.4, 0.5) is 5.69 Å². The van der Waals surface area contributed by atoms with E-state index in [1.807, 2.05) is 36.4 Å². The number of carbonyl (C=O) groups is 1. The third-order valence-corrected chi connectivity index (χ3v) is 3.23. The van der Waals surface area contributed by atoms with Gasteiger partial charge in [0.15, 0.2) is 0 Å². The van der Waals surface area contributed by atoms with E-state index < -0.39 is 0 Å². The van der Waals surface area contributed by atoms with Crippen LogP contribution in [0.2, 0.25) is 0 Å². The van der Waals surface area contributed by atoms with Crippen molar-refractivity contribution in [1.82, 2.24) is 10.1 Å². The van der Waals surface area contributed by atoms with E-state index in [0.717, 1.165) is 11.1 Å². The van der Waals surface area contributed by atoms with Gasteiger partial charge in [-0.2, -0.15) is 4.98 Å². The van der Waals surface area contributed by atoms with Crippen molar-refractivity contribution in [3.05, 3.63) is 48.5 Å². The largest absolute Gasteiger partial charge is 0.496 e. The van der Waals surface area contributed by atoms with E-state index in [9.17, 15) is 4.79 Å². The zero-order valence-electron chi connectivity index (χ0n) is 12.7. The molecule has 0 atom stereocenters. The molecule has 1 N–H and O–H groups in total. The summed E-state index contributed by atoms with van der Waals surface area (Å²) in [6, 6.07) is 14.7. The molecular formula is C17H15N3O3. The van der Waals surface area contributed by atoms with Crippen molar-refractivity contribution in [2.45, 2.75) is 6.92 Å². The minimum absolute atomic E-state index is 0.117. The third-order valence-electron chi connectivity index (χ3n) is 3.23. The number of nitrogens with zero attached hydrogens (tertiary/aromatic N) is 2. The fraction of sp³-hybridized carbons (Fsp3) is 0.118. The summed E-state index contributed by atoms with van der Waals surface area (Å²) < 4.78 is 10.6. The Morgan fingerprint density at radius 1 is 1.13 bits per heavy atom. The maximum atomic E-state index is 11.0. The molecule has 0 fully saturated rings. The van der Waals surface area contributed by atoms with Gasteiger partial charge in [0, 0.05) is 18.2 Å². The lowest BCUT2D eigenvalue weighted by Crippen LogP contribution is -2.05. The maximum absolute atomic E-state index is 11.0. The summed E-state index contributed by atoms with van der Waals surface area (Å²) in [7, 11) is 1.60. The number of anilines is 1. The first-order valence-corrected chi connectivity index (χ1v) is 7.02. The highest BCUT2D eigenvalue weighted by atomic mass is 16.5. The molecule has 0 saturated carbocycles. The van der Waals surface area contributed by atoms with Crippen LogP contribution in [0, 0.1) is 0 Å². The Morgan fingerprint density at radius 3 is 2.57 bits per heavy atom. The van der Waals surface area contributed by atoms with Gasteiger partial charge in [-0.25, -0.2) is 0 Å². The smallest absolute Gasteiger partial charge is 0.258 e. The van der Waals surface area contributed by atoms with Crippen molar-refractivity contribution >= 4 is 11.6 Å². The zero-order chi connectivity index (χ0) is 16.2. The highest BCUT2D eigenvalue weighted by molar-refractivity contribution is 5.88. The maximum Gasteiger partial charge on any atom is 0.258 e. The molecule has 0 aliphatic carbocycles. The predicted octanol–water partition coefficient (Wildman–Crippen LogP) is 3.37. The third kappa shape index (κ3) is 3.21. The Bertz CT molecular complexity index is 825.